The number of nitrogens with zero attached hydrogens (tertiary/aromatic N) is 1. The van der Waals surface area contributed by atoms with Crippen LogP contribution in [0.4, 0.5) is 5.69 Å². The topological polar surface area (TPSA) is 61.4 Å². The van der Waals surface area contributed by atoms with Gasteiger partial charge in [-0.2, -0.15) is 0 Å². The van der Waals surface area contributed by atoms with Gasteiger partial charge in [-0.25, -0.2) is 0 Å². The van der Waals surface area contributed by atoms with Crippen molar-refractivity contribution in [3.8, 4) is 0 Å². The second kappa shape index (κ2) is 9.56. The van der Waals surface area contributed by atoms with Crippen LogP contribution in [-0.2, 0) is 9.59 Å². The Hall–Kier alpha value is -1.88. The molecule has 5 nitrogen and oxygen atoms in total. The lowest BCUT2D eigenvalue weighted by Crippen LogP contribution is -2.47. The molecule has 138 valence electrons. The number of unbranched alkanes of at least 4 members (excludes halogenated alkanes) is 1. The van der Waals surface area contributed by atoms with Crippen molar-refractivity contribution in [2.24, 2.45) is 0 Å². The van der Waals surface area contributed by atoms with Gasteiger partial charge in [0.05, 0.1) is 0 Å². The van der Waals surface area contributed by atoms with Gasteiger partial charge in [-0.15, -0.1) is 0 Å². The van der Waals surface area contributed by atoms with Gasteiger partial charge in [0.2, 0.25) is 0 Å². The fraction of sp³-hybridized carbons (Fsp3) is 0.600. The zero-order valence-electron chi connectivity index (χ0n) is 15.7. The van der Waals surface area contributed by atoms with Gasteiger partial charge in [0, 0.05) is 24.8 Å². The summed E-state index contributed by atoms with van der Waals surface area (Å²) in [6.07, 6.45) is 4.24. The molecule has 25 heavy (non-hydrogen) atoms. The number of nitrogens with one attached hydrogen (secondary N) is 2. The summed E-state index contributed by atoms with van der Waals surface area (Å²) >= 11 is 0. The summed E-state index contributed by atoms with van der Waals surface area (Å²) in [5.41, 5.74) is 1.86. The smallest absolute Gasteiger partial charge is 0.313 e. The van der Waals surface area contributed by atoms with Gasteiger partial charge in [0.1, 0.15) is 0 Å². The highest BCUT2D eigenvalue weighted by molar-refractivity contribution is 6.39. The van der Waals surface area contributed by atoms with Crippen LogP contribution in [0.5, 0.6) is 0 Å². The van der Waals surface area contributed by atoms with Gasteiger partial charge in [-0.1, -0.05) is 39.3 Å². The van der Waals surface area contributed by atoms with Gasteiger partial charge in [-0.3, -0.25) is 9.59 Å². The Morgan fingerprint density at radius 3 is 2.32 bits per heavy atom. The van der Waals surface area contributed by atoms with Crippen molar-refractivity contribution >= 4 is 17.5 Å². The number of carbonyl (C=O) groups excluding carboxylic acids is 2. The highest BCUT2D eigenvalue weighted by atomic mass is 16.2. The van der Waals surface area contributed by atoms with Gasteiger partial charge in [0.25, 0.3) is 0 Å². The van der Waals surface area contributed by atoms with Crippen LogP contribution in [0.1, 0.15) is 57.9 Å². The number of carbonyl (C=O) groups is 2. The van der Waals surface area contributed by atoms with E-state index in [1.807, 2.05) is 24.3 Å². The molecule has 2 N–H and O–H groups in total. The summed E-state index contributed by atoms with van der Waals surface area (Å²) in [7, 11) is 0. The molecule has 2 amide bonds. The first kappa shape index (κ1) is 19.4. The molecule has 1 aromatic rings. The number of benzene rings is 1. The maximum atomic E-state index is 12.1. The molecule has 5 heteroatoms. The largest absolute Gasteiger partial charge is 0.345 e. The fourth-order valence-corrected chi connectivity index (χ4v) is 3.07. The van der Waals surface area contributed by atoms with Crippen molar-refractivity contribution in [2.45, 2.75) is 58.4 Å². The minimum atomic E-state index is -0.592. The lowest BCUT2D eigenvalue weighted by Gasteiger charge is -2.32. The van der Waals surface area contributed by atoms with E-state index in [2.05, 4.69) is 36.3 Å². The van der Waals surface area contributed by atoms with Crippen LogP contribution in [0.3, 0.4) is 0 Å². The first-order valence-electron chi connectivity index (χ1n) is 9.43. The number of anilines is 1. The first-order valence-corrected chi connectivity index (χ1v) is 9.43. The fourth-order valence-electron chi connectivity index (χ4n) is 3.07. The molecule has 1 saturated heterocycles. The number of likely N-dealkylation sites (tertiary alicyclic amines) is 1. The molecule has 1 aromatic carbocycles. The molecule has 0 saturated carbocycles. The van der Waals surface area contributed by atoms with Crippen molar-refractivity contribution in [1.29, 1.82) is 0 Å². The third-order valence-electron chi connectivity index (χ3n) is 4.79. The Morgan fingerprint density at radius 1 is 1.12 bits per heavy atom. The van der Waals surface area contributed by atoms with E-state index in [4.69, 9.17) is 0 Å². The van der Waals surface area contributed by atoms with E-state index < -0.39 is 11.8 Å². The standard InChI is InChI=1S/C20H31N3O2/c1-4-5-12-23-13-10-18(11-14-23)22-20(25)19(24)21-17-8-6-16(7-9-17)15(2)3/h6-9,15,18H,4-5,10-14H2,1-3H3,(H,21,24)(H,22,25). The monoisotopic (exact) mass is 345 g/mol. The van der Waals surface area contributed by atoms with Crippen LogP contribution in [0.25, 0.3) is 0 Å². The molecule has 1 fully saturated rings. The van der Waals surface area contributed by atoms with E-state index in [1.165, 1.54) is 18.4 Å². The molecule has 0 bridgehead atoms. The molecule has 0 spiro atoms. The van der Waals surface area contributed by atoms with E-state index in [9.17, 15) is 9.59 Å². The van der Waals surface area contributed by atoms with E-state index in [0.717, 1.165) is 32.5 Å². The predicted molar refractivity (Wildman–Crippen MR) is 102 cm³/mol. The molecule has 0 unspecified atom stereocenters. The van der Waals surface area contributed by atoms with Crippen LogP contribution in [-0.4, -0.2) is 42.4 Å². The van der Waals surface area contributed by atoms with Gasteiger partial charge >= 0.3 is 11.8 Å². The van der Waals surface area contributed by atoms with Crippen LogP contribution in [0.15, 0.2) is 24.3 Å². The van der Waals surface area contributed by atoms with Crippen LogP contribution in [0.2, 0.25) is 0 Å². The van der Waals surface area contributed by atoms with Gasteiger partial charge in [0.15, 0.2) is 0 Å². The second-order valence-electron chi connectivity index (χ2n) is 7.17. The second-order valence-corrected chi connectivity index (χ2v) is 7.17. The van der Waals surface area contributed by atoms with Crippen LogP contribution < -0.4 is 10.6 Å². The lowest BCUT2D eigenvalue weighted by molar-refractivity contribution is -0.136. The average Bonchev–Trinajstić information content (AvgIpc) is 2.61. The number of hydrogen-bond acceptors (Lipinski definition) is 3. The highest BCUT2D eigenvalue weighted by Gasteiger charge is 2.23. The van der Waals surface area contributed by atoms with Crippen molar-refractivity contribution in [3.63, 3.8) is 0 Å². The molecule has 1 aliphatic rings. The Balaban J connectivity index is 1.76. The maximum Gasteiger partial charge on any atom is 0.313 e. The van der Waals surface area contributed by atoms with E-state index in [0.29, 0.717) is 11.6 Å². The molecule has 0 aliphatic carbocycles. The molecule has 0 atom stereocenters. The summed E-state index contributed by atoms with van der Waals surface area (Å²) in [4.78, 5) is 26.6. The Kier molecular flexibility index (Phi) is 7.44. The zero-order valence-corrected chi connectivity index (χ0v) is 15.7. The number of hydrogen-bond donors (Lipinski definition) is 2. The highest BCUT2D eigenvalue weighted by Crippen LogP contribution is 2.17. The summed E-state index contributed by atoms with van der Waals surface area (Å²) in [6, 6.07) is 7.73. The van der Waals surface area contributed by atoms with E-state index in [-0.39, 0.29) is 6.04 Å². The number of amides is 2. The molecular weight excluding hydrogens is 314 g/mol. The molecule has 1 aliphatic heterocycles. The number of piperidine rings is 1. The summed E-state index contributed by atoms with van der Waals surface area (Å²) in [5.74, 6) is -0.693. The minimum absolute atomic E-state index is 0.0967. The molecule has 2 rings (SSSR count). The summed E-state index contributed by atoms with van der Waals surface area (Å²) in [5, 5.41) is 5.54. The average molecular weight is 345 g/mol. The third kappa shape index (κ3) is 6.16. The van der Waals surface area contributed by atoms with Gasteiger partial charge in [-0.05, 0) is 49.4 Å². The van der Waals surface area contributed by atoms with Crippen LogP contribution in [0, 0.1) is 0 Å². The summed E-state index contributed by atoms with van der Waals surface area (Å²) in [6.45, 7) is 9.54. The normalized spacial score (nSPS) is 16.0. The van der Waals surface area contributed by atoms with Crippen molar-refractivity contribution in [1.82, 2.24) is 10.2 Å². The van der Waals surface area contributed by atoms with Crippen molar-refractivity contribution in [3.05, 3.63) is 29.8 Å². The Morgan fingerprint density at radius 2 is 1.76 bits per heavy atom. The maximum absolute atomic E-state index is 12.1. The number of rotatable bonds is 6. The van der Waals surface area contributed by atoms with Crippen LogP contribution >= 0.6 is 0 Å². The summed E-state index contributed by atoms with van der Waals surface area (Å²) < 4.78 is 0. The van der Waals surface area contributed by atoms with Crippen molar-refractivity contribution in [2.75, 3.05) is 25.0 Å². The molecule has 1 heterocycles. The molecular formula is C20H31N3O2. The van der Waals surface area contributed by atoms with Crippen molar-refractivity contribution < 1.29 is 9.59 Å². The molecule has 0 radical (unpaired) electrons. The first-order chi connectivity index (χ1) is 12.0. The zero-order chi connectivity index (χ0) is 18.2. The lowest BCUT2D eigenvalue weighted by atomic mass is 10.0. The molecule has 0 aromatic heterocycles. The Bertz CT molecular complexity index is 561. The quantitative estimate of drug-likeness (QED) is 0.779. The SMILES string of the molecule is CCCCN1CCC(NC(=O)C(=O)Nc2ccc(C(C)C)cc2)CC1. The third-order valence-corrected chi connectivity index (χ3v) is 4.79. The van der Waals surface area contributed by atoms with Gasteiger partial charge < -0.3 is 15.5 Å². The van der Waals surface area contributed by atoms with E-state index in [1.54, 1.807) is 0 Å². The Labute approximate surface area is 151 Å². The predicted octanol–water partition coefficient (Wildman–Crippen LogP) is 3.13. The minimum Gasteiger partial charge on any atom is -0.345 e. The van der Waals surface area contributed by atoms with E-state index >= 15 is 0 Å².